The Morgan fingerprint density at radius 3 is 2.74 bits per heavy atom. The van der Waals surface area contributed by atoms with E-state index in [9.17, 15) is 4.39 Å². The van der Waals surface area contributed by atoms with Crippen LogP contribution in [0.5, 0.6) is 0 Å². The third-order valence-electron chi connectivity index (χ3n) is 6.25. The van der Waals surface area contributed by atoms with Crippen LogP contribution in [-0.2, 0) is 0 Å². The second-order valence-corrected chi connectivity index (χ2v) is 8.49. The van der Waals surface area contributed by atoms with Gasteiger partial charge in [-0.05, 0) is 61.6 Å². The SMILES string of the molecule is C=C1C=C(c2ccnc(NC3CCCCC3)n2)C=CN1C(CC)c1ccc(F)c(C)c1. The minimum absolute atomic E-state index is 0.106. The summed E-state index contributed by atoms with van der Waals surface area (Å²) >= 11 is 0. The van der Waals surface area contributed by atoms with E-state index in [4.69, 9.17) is 4.98 Å². The Balaban J connectivity index is 1.50. The van der Waals surface area contributed by atoms with Crippen LogP contribution in [0.2, 0.25) is 0 Å². The third-order valence-corrected chi connectivity index (χ3v) is 6.25. The van der Waals surface area contributed by atoms with E-state index >= 15 is 0 Å². The minimum Gasteiger partial charge on any atom is -0.351 e. The lowest BCUT2D eigenvalue weighted by atomic mass is 9.96. The first-order valence-corrected chi connectivity index (χ1v) is 11.3. The smallest absolute Gasteiger partial charge is 0.223 e. The number of nitrogens with zero attached hydrogens (tertiary/aromatic N) is 3. The maximum Gasteiger partial charge on any atom is 0.223 e. The zero-order chi connectivity index (χ0) is 21.8. The second-order valence-electron chi connectivity index (χ2n) is 8.49. The maximum atomic E-state index is 13.7. The Labute approximate surface area is 184 Å². The van der Waals surface area contributed by atoms with Gasteiger partial charge in [0.1, 0.15) is 5.82 Å². The van der Waals surface area contributed by atoms with Gasteiger partial charge >= 0.3 is 0 Å². The molecule has 4 nitrogen and oxygen atoms in total. The topological polar surface area (TPSA) is 41.1 Å². The molecule has 1 N–H and O–H groups in total. The zero-order valence-electron chi connectivity index (χ0n) is 18.4. The lowest BCUT2D eigenvalue weighted by Gasteiger charge is -2.33. The molecule has 4 rings (SSSR count). The van der Waals surface area contributed by atoms with Gasteiger partial charge in [-0.15, -0.1) is 0 Å². The van der Waals surface area contributed by atoms with Crippen molar-refractivity contribution >= 4 is 11.5 Å². The number of halogens is 1. The van der Waals surface area contributed by atoms with Crippen LogP contribution in [0.4, 0.5) is 10.3 Å². The first-order valence-electron chi connectivity index (χ1n) is 11.3. The Hall–Kier alpha value is -2.95. The normalized spacial score (nSPS) is 18.1. The van der Waals surface area contributed by atoms with Gasteiger partial charge in [0, 0.05) is 29.7 Å². The molecule has 1 aliphatic heterocycles. The highest BCUT2D eigenvalue weighted by Gasteiger charge is 2.21. The van der Waals surface area contributed by atoms with Crippen molar-refractivity contribution in [2.45, 2.75) is 64.5 Å². The summed E-state index contributed by atoms with van der Waals surface area (Å²) in [5, 5.41) is 3.50. The molecule has 0 bridgehead atoms. The molecule has 2 heterocycles. The fraction of sp³-hybridized carbons (Fsp3) is 0.385. The molecule has 31 heavy (non-hydrogen) atoms. The van der Waals surface area contributed by atoms with E-state index in [1.165, 1.54) is 32.1 Å². The van der Waals surface area contributed by atoms with Crippen molar-refractivity contribution in [1.29, 1.82) is 0 Å². The zero-order valence-corrected chi connectivity index (χ0v) is 18.4. The molecule has 0 spiro atoms. The number of nitrogens with one attached hydrogen (secondary N) is 1. The number of hydrogen-bond acceptors (Lipinski definition) is 4. The van der Waals surface area contributed by atoms with Gasteiger partial charge in [-0.2, -0.15) is 0 Å². The molecule has 1 unspecified atom stereocenters. The molecule has 1 aliphatic carbocycles. The summed E-state index contributed by atoms with van der Waals surface area (Å²) in [6.07, 6.45) is 15.1. The summed E-state index contributed by atoms with van der Waals surface area (Å²) < 4.78 is 13.7. The van der Waals surface area contributed by atoms with Crippen LogP contribution in [0.3, 0.4) is 0 Å². The molecule has 0 saturated heterocycles. The largest absolute Gasteiger partial charge is 0.351 e. The van der Waals surface area contributed by atoms with Crippen LogP contribution in [0.1, 0.15) is 68.3 Å². The van der Waals surface area contributed by atoms with Crippen molar-refractivity contribution in [3.63, 3.8) is 0 Å². The average Bonchev–Trinajstić information content (AvgIpc) is 2.78. The van der Waals surface area contributed by atoms with Crippen molar-refractivity contribution in [1.82, 2.24) is 14.9 Å². The van der Waals surface area contributed by atoms with Crippen molar-refractivity contribution in [2.24, 2.45) is 0 Å². The van der Waals surface area contributed by atoms with Gasteiger partial charge in [0.2, 0.25) is 5.95 Å². The quantitative estimate of drug-likeness (QED) is 0.578. The summed E-state index contributed by atoms with van der Waals surface area (Å²) in [4.78, 5) is 11.3. The molecule has 1 saturated carbocycles. The Morgan fingerprint density at radius 1 is 1.23 bits per heavy atom. The molecule has 1 aromatic heterocycles. The van der Waals surface area contributed by atoms with E-state index in [-0.39, 0.29) is 11.9 Å². The second kappa shape index (κ2) is 9.46. The van der Waals surface area contributed by atoms with Crippen LogP contribution < -0.4 is 5.32 Å². The number of allylic oxidation sites excluding steroid dienone is 3. The summed E-state index contributed by atoms with van der Waals surface area (Å²) in [6, 6.07) is 7.85. The molecule has 0 radical (unpaired) electrons. The number of benzene rings is 1. The van der Waals surface area contributed by atoms with E-state index in [1.807, 2.05) is 24.4 Å². The number of rotatable bonds is 6. The van der Waals surface area contributed by atoms with Crippen molar-refractivity contribution in [2.75, 3.05) is 5.32 Å². The standard InChI is InChI=1S/C26H31FN4/c1-4-25(21-10-11-23(27)18(2)16-21)31-15-13-20(17-19(31)3)24-12-14-28-26(30-24)29-22-8-6-5-7-9-22/h10-17,22,25H,3-9H2,1-2H3,(H,28,29,30). The first kappa shape index (κ1) is 21.3. The van der Waals surface area contributed by atoms with Gasteiger partial charge < -0.3 is 10.2 Å². The predicted molar refractivity (Wildman–Crippen MR) is 125 cm³/mol. The molecule has 1 atom stereocenters. The molecule has 2 aromatic rings. The highest BCUT2D eigenvalue weighted by atomic mass is 19.1. The van der Waals surface area contributed by atoms with E-state index < -0.39 is 0 Å². The summed E-state index contributed by atoms with van der Waals surface area (Å²) in [6.45, 7) is 8.23. The highest BCUT2D eigenvalue weighted by Crippen LogP contribution is 2.33. The maximum absolute atomic E-state index is 13.7. The molecular weight excluding hydrogens is 387 g/mol. The molecule has 1 fully saturated rings. The van der Waals surface area contributed by atoms with Gasteiger partial charge in [0.05, 0.1) is 11.7 Å². The molecule has 162 valence electrons. The molecule has 0 amide bonds. The average molecular weight is 419 g/mol. The molecular formula is C26H31FN4. The van der Waals surface area contributed by atoms with Gasteiger partial charge in [0.25, 0.3) is 0 Å². The van der Waals surface area contributed by atoms with Crippen molar-refractivity contribution in [3.05, 3.63) is 83.7 Å². The first-order chi connectivity index (χ1) is 15.0. The third kappa shape index (κ3) is 4.87. The number of anilines is 1. The predicted octanol–water partition coefficient (Wildman–Crippen LogP) is 6.55. The Morgan fingerprint density at radius 2 is 2.03 bits per heavy atom. The Kier molecular flexibility index (Phi) is 6.50. The molecule has 5 heteroatoms. The van der Waals surface area contributed by atoms with E-state index in [0.29, 0.717) is 17.6 Å². The Bertz CT molecular complexity index is 1000. The number of aryl methyl sites for hydroxylation is 1. The summed E-state index contributed by atoms with van der Waals surface area (Å²) in [5.74, 6) is 0.523. The summed E-state index contributed by atoms with van der Waals surface area (Å²) in [5.41, 5.74) is 4.55. The van der Waals surface area contributed by atoms with E-state index in [2.05, 4.69) is 47.1 Å². The van der Waals surface area contributed by atoms with E-state index in [0.717, 1.165) is 28.9 Å². The lowest BCUT2D eigenvalue weighted by Crippen LogP contribution is -2.24. The summed E-state index contributed by atoms with van der Waals surface area (Å²) in [7, 11) is 0. The van der Waals surface area contributed by atoms with Crippen molar-refractivity contribution in [3.8, 4) is 0 Å². The van der Waals surface area contributed by atoms with Crippen LogP contribution in [0.25, 0.3) is 5.57 Å². The van der Waals surface area contributed by atoms with Gasteiger partial charge in [-0.3, -0.25) is 0 Å². The fourth-order valence-corrected chi connectivity index (χ4v) is 4.51. The van der Waals surface area contributed by atoms with Crippen LogP contribution in [0.15, 0.2) is 61.1 Å². The van der Waals surface area contributed by atoms with E-state index in [1.54, 1.807) is 13.0 Å². The molecule has 2 aliphatic rings. The van der Waals surface area contributed by atoms with Crippen LogP contribution in [0, 0.1) is 12.7 Å². The fourth-order valence-electron chi connectivity index (χ4n) is 4.51. The van der Waals surface area contributed by atoms with Gasteiger partial charge in [-0.25, -0.2) is 14.4 Å². The molecule has 1 aromatic carbocycles. The van der Waals surface area contributed by atoms with Gasteiger partial charge in [0.15, 0.2) is 0 Å². The minimum atomic E-state index is -0.171. The monoisotopic (exact) mass is 418 g/mol. The lowest BCUT2D eigenvalue weighted by molar-refractivity contribution is 0.344. The number of hydrogen-bond donors (Lipinski definition) is 1. The highest BCUT2D eigenvalue weighted by molar-refractivity contribution is 5.75. The van der Waals surface area contributed by atoms with Crippen LogP contribution >= 0.6 is 0 Å². The van der Waals surface area contributed by atoms with Gasteiger partial charge in [-0.1, -0.05) is 44.9 Å². The van der Waals surface area contributed by atoms with Crippen LogP contribution in [-0.4, -0.2) is 20.9 Å². The number of aromatic nitrogens is 2. The van der Waals surface area contributed by atoms with Crippen molar-refractivity contribution < 1.29 is 4.39 Å².